The second-order valence-electron chi connectivity index (χ2n) is 5.00. The molecule has 2 N–H and O–H groups in total. The Bertz CT molecular complexity index is 573. The summed E-state index contributed by atoms with van der Waals surface area (Å²) in [6, 6.07) is 6.22. The zero-order valence-electron chi connectivity index (χ0n) is 11.5. The van der Waals surface area contributed by atoms with Gasteiger partial charge in [-0.3, -0.25) is 4.90 Å². The van der Waals surface area contributed by atoms with E-state index in [4.69, 9.17) is 16.7 Å². The minimum absolute atomic E-state index is 0.193. The Morgan fingerprint density at radius 1 is 1.24 bits per heavy atom. The van der Waals surface area contributed by atoms with Crippen LogP contribution in [-0.2, 0) is 10.0 Å². The fourth-order valence-corrected chi connectivity index (χ4v) is 4.01. The van der Waals surface area contributed by atoms with Crippen molar-refractivity contribution in [3.8, 4) is 0 Å². The molecule has 0 aromatic heterocycles. The van der Waals surface area contributed by atoms with Crippen LogP contribution in [-0.4, -0.2) is 73.3 Å². The minimum atomic E-state index is -3.53. The average Bonchev–Trinajstić information content (AvgIpc) is 2.47. The van der Waals surface area contributed by atoms with E-state index < -0.39 is 16.1 Å². The SMILES string of the molecule is O=S(=O)(c1cccc(Cl)c1)N1CCN(C[C@H](O)CO)CC1. The summed E-state index contributed by atoms with van der Waals surface area (Å²) in [6.07, 6.45) is -0.791. The third-order valence-corrected chi connectivity index (χ3v) is 5.57. The van der Waals surface area contributed by atoms with Gasteiger partial charge in [0.05, 0.1) is 17.6 Å². The maximum absolute atomic E-state index is 12.5. The van der Waals surface area contributed by atoms with Crippen LogP contribution in [0.5, 0.6) is 0 Å². The first kappa shape index (κ1) is 16.7. The summed E-state index contributed by atoms with van der Waals surface area (Å²) in [5.41, 5.74) is 0. The van der Waals surface area contributed by atoms with Gasteiger partial charge < -0.3 is 10.2 Å². The van der Waals surface area contributed by atoms with E-state index in [1.807, 2.05) is 4.90 Å². The van der Waals surface area contributed by atoms with Gasteiger partial charge >= 0.3 is 0 Å². The Morgan fingerprint density at radius 2 is 1.90 bits per heavy atom. The highest BCUT2D eigenvalue weighted by Gasteiger charge is 2.29. The summed E-state index contributed by atoms with van der Waals surface area (Å²) in [7, 11) is -3.53. The third kappa shape index (κ3) is 4.15. The number of aliphatic hydroxyl groups excluding tert-OH is 2. The Hall–Kier alpha value is -0.700. The lowest BCUT2D eigenvalue weighted by atomic mass is 10.3. The van der Waals surface area contributed by atoms with E-state index >= 15 is 0 Å². The van der Waals surface area contributed by atoms with Gasteiger partial charge in [0.15, 0.2) is 0 Å². The van der Waals surface area contributed by atoms with E-state index in [9.17, 15) is 13.5 Å². The molecule has 1 aliphatic heterocycles. The Balaban J connectivity index is 2.01. The molecule has 8 heteroatoms. The molecular formula is C13H19ClN2O4S. The van der Waals surface area contributed by atoms with Crippen molar-refractivity contribution in [3.05, 3.63) is 29.3 Å². The first-order chi connectivity index (χ1) is 9.93. The highest BCUT2D eigenvalue weighted by molar-refractivity contribution is 7.89. The molecule has 0 aliphatic carbocycles. The standard InChI is InChI=1S/C13H19ClN2O4S/c14-11-2-1-3-13(8-11)21(19,20)16-6-4-15(5-7-16)9-12(18)10-17/h1-3,8,12,17-18H,4-7,9-10H2/t12-/m0/s1. The van der Waals surface area contributed by atoms with Crippen LogP contribution in [0.4, 0.5) is 0 Å². The lowest BCUT2D eigenvalue weighted by Gasteiger charge is -2.34. The van der Waals surface area contributed by atoms with Crippen molar-refractivity contribution >= 4 is 21.6 Å². The number of benzene rings is 1. The van der Waals surface area contributed by atoms with E-state index in [1.165, 1.54) is 16.4 Å². The summed E-state index contributed by atoms with van der Waals surface area (Å²) in [5, 5.41) is 18.6. The van der Waals surface area contributed by atoms with Gasteiger partial charge in [-0.1, -0.05) is 17.7 Å². The zero-order chi connectivity index (χ0) is 15.5. The molecular weight excluding hydrogens is 316 g/mol. The summed E-state index contributed by atoms with van der Waals surface area (Å²) >= 11 is 5.84. The van der Waals surface area contributed by atoms with E-state index in [1.54, 1.807) is 12.1 Å². The fourth-order valence-electron chi connectivity index (χ4n) is 2.28. The maximum atomic E-state index is 12.5. The second-order valence-corrected chi connectivity index (χ2v) is 7.37. The molecule has 1 atom stereocenters. The molecule has 0 radical (unpaired) electrons. The highest BCUT2D eigenvalue weighted by atomic mass is 35.5. The van der Waals surface area contributed by atoms with Crippen molar-refractivity contribution in [2.24, 2.45) is 0 Å². The third-order valence-electron chi connectivity index (χ3n) is 3.44. The number of nitrogens with zero attached hydrogens (tertiary/aromatic N) is 2. The first-order valence-corrected chi connectivity index (χ1v) is 8.52. The second kappa shape index (κ2) is 7.04. The number of sulfonamides is 1. The Morgan fingerprint density at radius 3 is 2.48 bits per heavy atom. The van der Waals surface area contributed by atoms with Crippen molar-refractivity contribution in [1.82, 2.24) is 9.21 Å². The molecule has 1 fully saturated rings. The van der Waals surface area contributed by atoms with Crippen molar-refractivity contribution < 1.29 is 18.6 Å². The van der Waals surface area contributed by atoms with Gasteiger partial charge in [-0.15, -0.1) is 0 Å². The Labute approximate surface area is 129 Å². The lowest BCUT2D eigenvalue weighted by molar-refractivity contribution is 0.0491. The van der Waals surface area contributed by atoms with Gasteiger partial charge in [0.1, 0.15) is 0 Å². The van der Waals surface area contributed by atoms with Crippen molar-refractivity contribution in [2.45, 2.75) is 11.0 Å². The first-order valence-electron chi connectivity index (χ1n) is 6.70. The zero-order valence-corrected chi connectivity index (χ0v) is 13.1. The van der Waals surface area contributed by atoms with Crippen LogP contribution in [0.1, 0.15) is 0 Å². The average molecular weight is 335 g/mol. The van der Waals surface area contributed by atoms with E-state index in [2.05, 4.69) is 0 Å². The van der Waals surface area contributed by atoms with Crippen LogP contribution >= 0.6 is 11.6 Å². The molecule has 1 aromatic carbocycles. The van der Waals surface area contributed by atoms with Crippen molar-refractivity contribution in [3.63, 3.8) is 0 Å². The molecule has 0 bridgehead atoms. The number of hydrogen-bond acceptors (Lipinski definition) is 5. The number of hydrogen-bond donors (Lipinski definition) is 2. The Kier molecular flexibility index (Phi) is 5.59. The van der Waals surface area contributed by atoms with E-state index in [0.29, 0.717) is 37.7 Å². The molecule has 1 aliphatic rings. The van der Waals surface area contributed by atoms with E-state index in [0.717, 1.165) is 0 Å². The minimum Gasteiger partial charge on any atom is -0.394 e. The van der Waals surface area contributed by atoms with Gasteiger partial charge in [0.25, 0.3) is 0 Å². The van der Waals surface area contributed by atoms with Gasteiger partial charge in [-0.2, -0.15) is 4.31 Å². The molecule has 1 saturated heterocycles. The number of β-amino-alcohol motifs (C(OH)–C–C–N with tert-alkyl or cyclic N) is 1. The number of aliphatic hydroxyl groups is 2. The lowest BCUT2D eigenvalue weighted by Crippen LogP contribution is -2.50. The summed E-state index contributed by atoms with van der Waals surface area (Å²) in [4.78, 5) is 2.13. The van der Waals surface area contributed by atoms with Gasteiger partial charge in [-0.25, -0.2) is 8.42 Å². The number of rotatable bonds is 5. The van der Waals surface area contributed by atoms with Gasteiger partial charge in [0.2, 0.25) is 10.0 Å². The van der Waals surface area contributed by atoms with Gasteiger partial charge in [0, 0.05) is 37.7 Å². The largest absolute Gasteiger partial charge is 0.394 e. The summed E-state index contributed by atoms with van der Waals surface area (Å²) in [5.74, 6) is 0. The summed E-state index contributed by atoms with van der Waals surface area (Å²) < 4.78 is 26.4. The van der Waals surface area contributed by atoms with Gasteiger partial charge in [-0.05, 0) is 18.2 Å². The van der Waals surface area contributed by atoms with Crippen LogP contribution in [0.3, 0.4) is 0 Å². The molecule has 2 rings (SSSR count). The van der Waals surface area contributed by atoms with E-state index in [-0.39, 0.29) is 11.5 Å². The maximum Gasteiger partial charge on any atom is 0.243 e. The highest BCUT2D eigenvalue weighted by Crippen LogP contribution is 2.20. The fraction of sp³-hybridized carbons (Fsp3) is 0.538. The molecule has 0 unspecified atom stereocenters. The van der Waals surface area contributed by atoms with Crippen molar-refractivity contribution in [1.29, 1.82) is 0 Å². The molecule has 0 amide bonds. The monoisotopic (exact) mass is 334 g/mol. The topological polar surface area (TPSA) is 81.1 Å². The molecule has 1 aromatic rings. The molecule has 1 heterocycles. The van der Waals surface area contributed by atoms with Crippen LogP contribution in [0.15, 0.2) is 29.2 Å². The quantitative estimate of drug-likeness (QED) is 0.792. The molecule has 6 nitrogen and oxygen atoms in total. The predicted octanol–water partition coefficient (Wildman–Crippen LogP) is -0.000500. The number of halogens is 1. The normalized spacial score (nSPS) is 19.6. The molecule has 0 spiro atoms. The van der Waals surface area contributed by atoms with Crippen LogP contribution in [0.25, 0.3) is 0 Å². The predicted molar refractivity (Wildman–Crippen MR) is 79.7 cm³/mol. The summed E-state index contributed by atoms with van der Waals surface area (Å²) in [6.45, 7) is 1.82. The van der Waals surface area contributed by atoms with Crippen molar-refractivity contribution in [2.75, 3.05) is 39.3 Å². The molecule has 0 saturated carbocycles. The molecule has 21 heavy (non-hydrogen) atoms. The molecule has 118 valence electrons. The van der Waals surface area contributed by atoms with Crippen LogP contribution in [0.2, 0.25) is 5.02 Å². The number of piperazine rings is 1. The smallest absolute Gasteiger partial charge is 0.243 e. The van der Waals surface area contributed by atoms with Crippen LogP contribution < -0.4 is 0 Å². The van der Waals surface area contributed by atoms with Crippen LogP contribution in [0, 0.1) is 0 Å².